The summed E-state index contributed by atoms with van der Waals surface area (Å²) >= 11 is 0. The summed E-state index contributed by atoms with van der Waals surface area (Å²) in [6.45, 7) is 2.79. The van der Waals surface area contributed by atoms with Gasteiger partial charge in [-0.25, -0.2) is 4.79 Å². The van der Waals surface area contributed by atoms with Gasteiger partial charge in [0.2, 0.25) is 0 Å². The molecule has 0 radical (unpaired) electrons. The fraction of sp³-hybridized carbons (Fsp3) is 0.462. The van der Waals surface area contributed by atoms with Crippen molar-refractivity contribution >= 4 is 11.7 Å². The number of esters is 1. The number of methoxy groups -OCH3 is 1. The molecule has 0 bridgehead atoms. The maximum atomic E-state index is 11.9. The Morgan fingerprint density at radius 3 is 2.83 bits per heavy atom. The number of nitrogens with one attached hydrogen (secondary N) is 1. The Labute approximate surface area is 106 Å². The average molecular weight is 251 g/mol. The van der Waals surface area contributed by atoms with Gasteiger partial charge in [-0.1, -0.05) is 6.07 Å². The average Bonchev–Trinajstić information content (AvgIpc) is 2.34. The van der Waals surface area contributed by atoms with Crippen molar-refractivity contribution in [1.82, 2.24) is 0 Å². The van der Waals surface area contributed by atoms with Crippen LogP contribution in [0.2, 0.25) is 0 Å². The zero-order valence-electron chi connectivity index (χ0n) is 10.6. The van der Waals surface area contributed by atoms with Crippen LogP contribution in [0.25, 0.3) is 0 Å². The Bertz CT molecular complexity index is 429. The number of anilines is 1. The topological polar surface area (TPSA) is 56.8 Å². The molecule has 0 aromatic heterocycles. The van der Waals surface area contributed by atoms with Gasteiger partial charge in [-0.3, -0.25) is 0 Å². The van der Waals surface area contributed by atoms with Crippen LogP contribution >= 0.6 is 0 Å². The van der Waals surface area contributed by atoms with Gasteiger partial charge in [-0.2, -0.15) is 0 Å². The maximum absolute atomic E-state index is 11.9. The van der Waals surface area contributed by atoms with E-state index in [0.717, 1.165) is 11.4 Å². The highest BCUT2D eigenvalue weighted by atomic mass is 16.6. The van der Waals surface area contributed by atoms with Crippen molar-refractivity contribution in [2.24, 2.45) is 0 Å². The highest BCUT2D eigenvalue weighted by Crippen LogP contribution is 2.26. The third-order valence-corrected chi connectivity index (χ3v) is 2.82. The first-order valence-electron chi connectivity index (χ1n) is 5.87. The van der Waals surface area contributed by atoms with Crippen molar-refractivity contribution in [3.05, 3.63) is 24.3 Å². The molecule has 1 aromatic rings. The Kier molecular flexibility index (Phi) is 3.72. The van der Waals surface area contributed by atoms with Crippen LogP contribution in [-0.2, 0) is 14.3 Å². The molecule has 98 valence electrons. The molecule has 1 heterocycles. The van der Waals surface area contributed by atoms with Gasteiger partial charge < -0.3 is 19.5 Å². The van der Waals surface area contributed by atoms with E-state index in [1.54, 1.807) is 14.0 Å². The predicted molar refractivity (Wildman–Crippen MR) is 66.8 cm³/mol. The molecule has 0 aliphatic carbocycles. The quantitative estimate of drug-likeness (QED) is 0.802. The van der Waals surface area contributed by atoms with Gasteiger partial charge in [-0.15, -0.1) is 0 Å². The number of rotatable bonds is 5. The van der Waals surface area contributed by atoms with Crippen LogP contribution in [0, 0.1) is 0 Å². The summed E-state index contributed by atoms with van der Waals surface area (Å²) in [5.74, 6) is 0.457. The molecule has 0 spiro atoms. The van der Waals surface area contributed by atoms with Crippen molar-refractivity contribution in [3.63, 3.8) is 0 Å². The lowest BCUT2D eigenvalue weighted by Crippen LogP contribution is -2.62. The lowest BCUT2D eigenvalue weighted by molar-refractivity contribution is -0.164. The molecule has 1 aliphatic heterocycles. The van der Waals surface area contributed by atoms with E-state index < -0.39 is 5.54 Å². The number of hydrogen-bond donors (Lipinski definition) is 1. The van der Waals surface area contributed by atoms with Crippen molar-refractivity contribution in [2.75, 3.05) is 32.2 Å². The van der Waals surface area contributed by atoms with Crippen molar-refractivity contribution in [3.8, 4) is 5.75 Å². The largest absolute Gasteiger partial charge is 0.497 e. The molecule has 0 saturated carbocycles. The van der Waals surface area contributed by atoms with E-state index >= 15 is 0 Å². The summed E-state index contributed by atoms with van der Waals surface area (Å²) in [7, 11) is 1.60. The zero-order chi connectivity index (χ0) is 13.0. The van der Waals surface area contributed by atoms with Crippen molar-refractivity contribution in [1.29, 1.82) is 0 Å². The van der Waals surface area contributed by atoms with Crippen LogP contribution in [0.5, 0.6) is 5.75 Å². The fourth-order valence-corrected chi connectivity index (χ4v) is 1.79. The molecule has 0 amide bonds. The Morgan fingerprint density at radius 2 is 2.28 bits per heavy atom. The Morgan fingerprint density at radius 1 is 1.50 bits per heavy atom. The van der Waals surface area contributed by atoms with Gasteiger partial charge in [0.1, 0.15) is 5.75 Å². The summed E-state index contributed by atoms with van der Waals surface area (Å²) in [6.07, 6.45) is 0. The molecule has 5 heteroatoms. The molecule has 1 aromatic carbocycles. The monoisotopic (exact) mass is 251 g/mol. The zero-order valence-corrected chi connectivity index (χ0v) is 10.6. The standard InChI is InChI=1S/C13H17NO4/c1-3-18-12(15)13(8-17-9-13)14-10-5-4-6-11(7-10)16-2/h4-7,14H,3,8-9H2,1-2H3. The molecular weight excluding hydrogens is 234 g/mol. The van der Waals surface area contributed by atoms with E-state index in [0.29, 0.717) is 19.8 Å². The van der Waals surface area contributed by atoms with Crippen molar-refractivity contribution in [2.45, 2.75) is 12.5 Å². The lowest BCUT2D eigenvalue weighted by atomic mass is 9.97. The summed E-state index contributed by atoms with van der Waals surface area (Å²) in [4.78, 5) is 11.9. The van der Waals surface area contributed by atoms with Crippen LogP contribution in [0.1, 0.15) is 6.92 Å². The number of benzene rings is 1. The second-order valence-electron chi connectivity index (χ2n) is 4.15. The maximum Gasteiger partial charge on any atom is 0.336 e. The van der Waals surface area contributed by atoms with E-state index in [1.807, 2.05) is 24.3 Å². The first-order valence-corrected chi connectivity index (χ1v) is 5.87. The van der Waals surface area contributed by atoms with Crippen LogP contribution in [0.3, 0.4) is 0 Å². The van der Waals surface area contributed by atoms with Gasteiger partial charge in [0.25, 0.3) is 0 Å². The first kappa shape index (κ1) is 12.7. The second kappa shape index (κ2) is 5.27. The lowest BCUT2D eigenvalue weighted by Gasteiger charge is -2.40. The molecule has 0 unspecified atom stereocenters. The Hall–Kier alpha value is -1.75. The van der Waals surface area contributed by atoms with Crippen LogP contribution in [0.15, 0.2) is 24.3 Å². The van der Waals surface area contributed by atoms with Crippen LogP contribution in [-0.4, -0.2) is 38.4 Å². The Balaban J connectivity index is 2.12. The number of carbonyl (C=O) groups excluding carboxylic acids is 1. The molecule has 1 N–H and O–H groups in total. The first-order chi connectivity index (χ1) is 8.70. The summed E-state index contributed by atoms with van der Waals surface area (Å²) < 4.78 is 15.3. The van der Waals surface area contributed by atoms with Gasteiger partial charge in [0, 0.05) is 11.8 Å². The van der Waals surface area contributed by atoms with E-state index in [-0.39, 0.29) is 5.97 Å². The van der Waals surface area contributed by atoms with E-state index in [1.165, 1.54) is 0 Å². The molecule has 1 saturated heterocycles. The second-order valence-corrected chi connectivity index (χ2v) is 4.15. The van der Waals surface area contributed by atoms with Gasteiger partial charge in [0.15, 0.2) is 5.54 Å². The molecular formula is C13H17NO4. The minimum atomic E-state index is -0.762. The smallest absolute Gasteiger partial charge is 0.336 e. The molecule has 5 nitrogen and oxygen atoms in total. The van der Waals surface area contributed by atoms with Crippen molar-refractivity contribution < 1.29 is 19.0 Å². The van der Waals surface area contributed by atoms with E-state index in [2.05, 4.69) is 5.32 Å². The number of ether oxygens (including phenoxy) is 3. The van der Waals surface area contributed by atoms with Gasteiger partial charge in [0.05, 0.1) is 26.9 Å². The summed E-state index contributed by atoms with van der Waals surface area (Å²) in [5, 5.41) is 3.17. The third-order valence-electron chi connectivity index (χ3n) is 2.82. The van der Waals surface area contributed by atoms with E-state index in [9.17, 15) is 4.79 Å². The normalized spacial score (nSPS) is 16.6. The highest BCUT2D eigenvalue weighted by molar-refractivity contribution is 5.86. The summed E-state index contributed by atoms with van der Waals surface area (Å²) in [6, 6.07) is 7.42. The highest BCUT2D eigenvalue weighted by Gasteiger charge is 2.47. The minimum absolute atomic E-state index is 0.279. The van der Waals surface area contributed by atoms with Gasteiger partial charge >= 0.3 is 5.97 Å². The molecule has 1 fully saturated rings. The van der Waals surface area contributed by atoms with Crippen LogP contribution < -0.4 is 10.1 Å². The predicted octanol–water partition coefficient (Wildman–Crippen LogP) is 1.44. The molecule has 1 aliphatic rings. The summed E-state index contributed by atoms with van der Waals surface area (Å²) in [5.41, 5.74) is 0.0493. The van der Waals surface area contributed by atoms with E-state index in [4.69, 9.17) is 14.2 Å². The molecule has 18 heavy (non-hydrogen) atoms. The fourth-order valence-electron chi connectivity index (χ4n) is 1.79. The SMILES string of the molecule is CCOC(=O)C1(Nc2cccc(OC)c2)COC1. The number of hydrogen-bond acceptors (Lipinski definition) is 5. The molecule has 2 rings (SSSR count). The van der Waals surface area contributed by atoms with Crippen LogP contribution in [0.4, 0.5) is 5.69 Å². The molecule has 0 atom stereocenters. The van der Waals surface area contributed by atoms with Gasteiger partial charge in [-0.05, 0) is 19.1 Å². The number of carbonyl (C=O) groups is 1. The minimum Gasteiger partial charge on any atom is -0.497 e. The third kappa shape index (κ3) is 2.41.